The van der Waals surface area contributed by atoms with Crippen molar-refractivity contribution >= 4 is 46.3 Å². The number of hydrogen-bond acceptors (Lipinski definition) is 9. The fourth-order valence-electron chi connectivity index (χ4n) is 3.71. The van der Waals surface area contributed by atoms with Crippen molar-refractivity contribution < 1.29 is 33.6 Å². The number of halogens is 1. The molecule has 1 aromatic heterocycles. The standard InChI is InChI=1S/C23H29BBrNO7S/c1-4-31-18(27)14-33-20-19(25)21(34-22(20)23(28)30-3)16-6-5-7-17(12-16)32-13-15-8-10-26(11-9-15)24(2)29/h5-7,12,15,29H,4,8-11,13-14H2,1-3H3. The summed E-state index contributed by atoms with van der Waals surface area (Å²) in [7, 11) is 0.883. The van der Waals surface area contributed by atoms with Crippen molar-refractivity contribution in [1.82, 2.24) is 4.81 Å². The number of carbonyl (C=O) groups excluding carboxylic acids is 2. The van der Waals surface area contributed by atoms with Gasteiger partial charge in [-0.2, -0.15) is 0 Å². The van der Waals surface area contributed by atoms with Crippen LogP contribution >= 0.6 is 27.3 Å². The molecule has 11 heteroatoms. The molecular formula is C23H29BBrNO7S. The predicted molar refractivity (Wildman–Crippen MR) is 135 cm³/mol. The number of rotatable bonds is 10. The van der Waals surface area contributed by atoms with Gasteiger partial charge in [0, 0.05) is 0 Å². The lowest BCUT2D eigenvalue weighted by molar-refractivity contribution is -0.145. The molecule has 0 unspecified atom stereocenters. The van der Waals surface area contributed by atoms with E-state index in [9.17, 15) is 14.6 Å². The summed E-state index contributed by atoms with van der Waals surface area (Å²) in [5.41, 5.74) is 0.842. The summed E-state index contributed by atoms with van der Waals surface area (Å²) >= 11 is 4.74. The Balaban J connectivity index is 1.73. The Labute approximate surface area is 212 Å². The third kappa shape index (κ3) is 6.75. The summed E-state index contributed by atoms with van der Waals surface area (Å²) in [4.78, 5) is 27.2. The Morgan fingerprint density at radius 1 is 1.26 bits per heavy atom. The summed E-state index contributed by atoms with van der Waals surface area (Å²) in [5, 5.41) is 9.72. The summed E-state index contributed by atoms with van der Waals surface area (Å²) < 4.78 is 22.1. The molecular weight excluding hydrogens is 525 g/mol. The van der Waals surface area contributed by atoms with Gasteiger partial charge < -0.3 is 28.8 Å². The van der Waals surface area contributed by atoms with Crippen LogP contribution in [0.2, 0.25) is 6.82 Å². The number of hydrogen-bond donors (Lipinski definition) is 1. The average Bonchev–Trinajstić information content (AvgIpc) is 3.17. The number of ether oxygens (including phenoxy) is 4. The van der Waals surface area contributed by atoms with Crippen LogP contribution < -0.4 is 9.47 Å². The van der Waals surface area contributed by atoms with E-state index in [0.29, 0.717) is 17.0 Å². The molecule has 2 aromatic rings. The van der Waals surface area contributed by atoms with Crippen LogP contribution in [0.4, 0.5) is 0 Å². The van der Waals surface area contributed by atoms with Crippen LogP contribution in [0, 0.1) is 5.92 Å². The zero-order chi connectivity index (χ0) is 24.7. The van der Waals surface area contributed by atoms with E-state index in [-0.39, 0.29) is 23.8 Å². The minimum atomic E-state index is -0.549. The molecule has 1 fully saturated rings. The monoisotopic (exact) mass is 553 g/mol. The lowest BCUT2D eigenvalue weighted by Gasteiger charge is -2.32. The summed E-state index contributed by atoms with van der Waals surface area (Å²) in [6.45, 7) is 5.76. The molecule has 184 valence electrons. The van der Waals surface area contributed by atoms with E-state index in [1.54, 1.807) is 13.7 Å². The van der Waals surface area contributed by atoms with Gasteiger partial charge in [-0.1, -0.05) is 12.1 Å². The van der Waals surface area contributed by atoms with Gasteiger partial charge >= 0.3 is 19.0 Å². The number of carbonyl (C=O) groups is 2. The van der Waals surface area contributed by atoms with E-state index >= 15 is 0 Å². The van der Waals surface area contributed by atoms with Gasteiger partial charge in [0.15, 0.2) is 17.2 Å². The number of methoxy groups -OCH3 is 1. The van der Waals surface area contributed by atoms with Gasteiger partial charge in [0.1, 0.15) is 5.75 Å². The summed E-state index contributed by atoms with van der Waals surface area (Å²) in [5.74, 6) is 0.334. The first-order valence-corrected chi connectivity index (χ1v) is 12.8. The Kier molecular flexibility index (Phi) is 9.81. The van der Waals surface area contributed by atoms with Crippen molar-refractivity contribution in [3.05, 3.63) is 33.6 Å². The highest BCUT2D eigenvalue weighted by Gasteiger charge is 2.26. The maximum atomic E-state index is 12.3. The molecule has 1 saturated heterocycles. The first-order chi connectivity index (χ1) is 16.3. The van der Waals surface area contributed by atoms with Crippen molar-refractivity contribution in [1.29, 1.82) is 0 Å². The normalized spacial score (nSPS) is 14.5. The maximum absolute atomic E-state index is 12.3. The van der Waals surface area contributed by atoms with E-state index in [4.69, 9.17) is 18.9 Å². The third-order valence-electron chi connectivity index (χ3n) is 5.58. The quantitative estimate of drug-likeness (QED) is 0.347. The van der Waals surface area contributed by atoms with Crippen molar-refractivity contribution in [3.8, 4) is 21.9 Å². The second-order valence-corrected chi connectivity index (χ2v) is 9.75. The van der Waals surface area contributed by atoms with Gasteiger partial charge in [-0.25, -0.2) is 9.59 Å². The number of esters is 2. The van der Waals surface area contributed by atoms with Crippen molar-refractivity contribution in [3.63, 3.8) is 0 Å². The Bertz CT molecular complexity index is 992. The van der Waals surface area contributed by atoms with Crippen LogP contribution in [0.25, 0.3) is 10.4 Å². The maximum Gasteiger partial charge on any atom is 0.376 e. The van der Waals surface area contributed by atoms with E-state index in [1.807, 2.05) is 24.3 Å². The molecule has 1 aliphatic rings. The molecule has 1 aromatic carbocycles. The molecule has 0 bridgehead atoms. The van der Waals surface area contributed by atoms with Crippen LogP contribution in [0.5, 0.6) is 11.5 Å². The molecule has 8 nitrogen and oxygen atoms in total. The molecule has 0 radical (unpaired) electrons. The minimum absolute atomic E-state index is 0.245. The van der Waals surface area contributed by atoms with Crippen molar-refractivity contribution in [2.45, 2.75) is 26.6 Å². The van der Waals surface area contributed by atoms with E-state index < -0.39 is 19.0 Å². The SMILES string of the molecule is CCOC(=O)COc1c(C(=O)OC)sc(-c2cccc(OCC3CCN(B(C)O)CC3)c2)c1Br. The van der Waals surface area contributed by atoms with E-state index in [2.05, 4.69) is 20.7 Å². The van der Waals surface area contributed by atoms with Crippen LogP contribution in [0.1, 0.15) is 29.4 Å². The topological polar surface area (TPSA) is 94.5 Å². The van der Waals surface area contributed by atoms with Gasteiger partial charge in [-0.3, -0.25) is 0 Å². The van der Waals surface area contributed by atoms with Crippen LogP contribution in [-0.4, -0.2) is 68.8 Å². The Hall–Kier alpha value is -2.08. The fraction of sp³-hybridized carbons (Fsp3) is 0.478. The number of benzene rings is 1. The lowest BCUT2D eigenvalue weighted by Crippen LogP contribution is -2.43. The van der Waals surface area contributed by atoms with Gasteiger partial charge in [-0.15, -0.1) is 11.3 Å². The molecule has 0 spiro atoms. The molecule has 1 N–H and O–H groups in total. The van der Waals surface area contributed by atoms with E-state index in [0.717, 1.165) is 42.1 Å². The highest BCUT2D eigenvalue weighted by atomic mass is 79.9. The van der Waals surface area contributed by atoms with Crippen LogP contribution in [0.15, 0.2) is 28.7 Å². The second-order valence-electron chi connectivity index (χ2n) is 7.94. The zero-order valence-corrected chi connectivity index (χ0v) is 21.9. The molecule has 0 amide bonds. The summed E-state index contributed by atoms with van der Waals surface area (Å²) in [6.07, 6.45) is 1.95. The third-order valence-corrected chi connectivity index (χ3v) is 7.80. The highest BCUT2D eigenvalue weighted by molar-refractivity contribution is 9.10. The first-order valence-electron chi connectivity index (χ1n) is 11.2. The Morgan fingerprint density at radius 2 is 2.00 bits per heavy atom. The summed E-state index contributed by atoms with van der Waals surface area (Å²) in [6, 6.07) is 7.62. The van der Waals surface area contributed by atoms with Gasteiger partial charge in [0.05, 0.1) is 29.7 Å². The smallest absolute Gasteiger partial charge is 0.376 e. The fourth-order valence-corrected chi connectivity index (χ4v) is 5.67. The lowest BCUT2D eigenvalue weighted by atomic mass is 9.81. The molecule has 34 heavy (non-hydrogen) atoms. The Morgan fingerprint density at radius 3 is 2.65 bits per heavy atom. The number of thiophene rings is 1. The van der Waals surface area contributed by atoms with Crippen molar-refractivity contribution in [2.75, 3.05) is 40.0 Å². The molecule has 3 rings (SSSR count). The second kappa shape index (κ2) is 12.6. The van der Waals surface area contributed by atoms with Gasteiger partial charge in [0.25, 0.3) is 0 Å². The van der Waals surface area contributed by atoms with Crippen LogP contribution in [0.3, 0.4) is 0 Å². The number of nitrogens with zero attached hydrogens (tertiary/aromatic N) is 1. The predicted octanol–water partition coefficient (Wildman–Crippen LogP) is 4.11. The molecule has 0 atom stereocenters. The van der Waals surface area contributed by atoms with Crippen molar-refractivity contribution in [2.24, 2.45) is 5.92 Å². The van der Waals surface area contributed by atoms with E-state index in [1.165, 1.54) is 18.4 Å². The minimum Gasteiger partial charge on any atom is -0.493 e. The van der Waals surface area contributed by atoms with Crippen LogP contribution in [-0.2, 0) is 14.3 Å². The molecule has 1 aliphatic heterocycles. The number of piperidine rings is 1. The molecule has 0 aliphatic carbocycles. The first kappa shape index (κ1) is 26.5. The molecule has 0 saturated carbocycles. The largest absolute Gasteiger partial charge is 0.493 e. The van der Waals surface area contributed by atoms with Gasteiger partial charge in [0.2, 0.25) is 0 Å². The zero-order valence-electron chi connectivity index (χ0n) is 19.5. The highest BCUT2D eigenvalue weighted by Crippen LogP contribution is 2.46. The van der Waals surface area contributed by atoms with Gasteiger partial charge in [-0.05, 0) is 79.2 Å². The average molecular weight is 554 g/mol. The molecule has 2 heterocycles.